The van der Waals surface area contributed by atoms with E-state index in [-0.39, 0.29) is 0 Å². The van der Waals surface area contributed by atoms with Crippen LogP contribution in [0, 0.1) is 6.92 Å². The lowest BCUT2D eigenvalue weighted by molar-refractivity contribution is 0.1000. The molecule has 2 heterocycles. The van der Waals surface area contributed by atoms with E-state index in [1.165, 1.54) is 5.56 Å². The van der Waals surface area contributed by atoms with Gasteiger partial charge < -0.3 is 4.74 Å². The Morgan fingerprint density at radius 3 is 2.87 bits per heavy atom. The molecule has 0 aromatic carbocycles. The molecule has 0 N–H and O–H groups in total. The minimum atomic E-state index is 0.673. The first-order valence-corrected chi connectivity index (χ1v) is 6.79. The van der Waals surface area contributed by atoms with Crippen LogP contribution in [0.25, 0.3) is 0 Å². The zero-order valence-corrected chi connectivity index (χ0v) is 11.1. The van der Waals surface area contributed by atoms with Crippen LogP contribution in [0.5, 0.6) is 0 Å². The van der Waals surface area contributed by atoms with E-state index >= 15 is 0 Å². The molecular weight excluding hydrogens is 274 g/mol. The van der Waals surface area contributed by atoms with Crippen LogP contribution >= 0.6 is 27.7 Å². The van der Waals surface area contributed by atoms with Crippen molar-refractivity contribution in [2.45, 2.75) is 30.0 Å². The Bertz CT molecular complexity index is 339. The molecule has 4 heteroatoms. The van der Waals surface area contributed by atoms with Gasteiger partial charge in [-0.3, -0.25) is 0 Å². The molecule has 82 valence electrons. The summed E-state index contributed by atoms with van der Waals surface area (Å²) in [5.41, 5.74) is 1.25. The number of halogens is 1. The minimum absolute atomic E-state index is 0.673. The van der Waals surface area contributed by atoms with Crippen molar-refractivity contribution in [1.29, 1.82) is 0 Å². The number of aryl methyl sites for hydroxylation is 1. The topological polar surface area (TPSA) is 22.1 Å². The number of hydrogen-bond acceptors (Lipinski definition) is 3. The molecule has 15 heavy (non-hydrogen) atoms. The van der Waals surface area contributed by atoms with Gasteiger partial charge in [0.15, 0.2) is 0 Å². The van der Waals surface area contributed by atoms with Gasteiger partial charge in [0.05, 0.1) is 5.03 Å². The highest BCUT2D eigenvalue weighted by Crippen LogP contribution is 2.29. The van der Waals surface area contributed by atoms with E-state index in [4.69, 9.17) is 4.74 Å². The van der Waals surface area contributed by atoms with Crippen molar-refractivity contribution in [2.75, 3.05) is 13.2 Å². The van der Waals surface area contributed by atoms with Crippen molar-refractivity contribution in [2.24, 2.45) is 0 Å². The Labute approximate surface area is 103 Å². The van der Waals surface area contributed by atoms with E-state index in [1.54, 1.807) is 0 Å². The highest BCUT2D eigenvalue weighted by molar-refractivity contribution is 9.10. The molecule has 0 spiro atoms. The quantitative estimate of drug-likeness (QED) is 0.832. The standard InChI is InChI=1S/C11H14BrNOS/c1-8-6-11(13-7-10(8)12)15-9-2-4-14-5-3-9/h6-7,9H,2-5H2,1H3. The Hall–Kier alpha value is -0.0600. The zero-order chi connectivity index (χ0) is 10.7. The number of pyridine rings is 1. The summed E-state index contributed by atoms with van der Waals surface area (Å²) in [5.74, 6) is 0. The highest BCUT2D eigenvalue weighted by Gasteiger charge is 2.15. The fourth-order valence-electron chi connectivity index (χ4n) is 1.54. The third kappa shape index (κ3) is 3.20. The van der Waals surface area contributed by atoms with Crippen LogP contribution in [-0.2, 0) is 4.74 Å². The van der Waals surface area contributed by atoms with Gasteiger partial charge in [-0.2, -0.15) is 0 Å². The Morgan fingerprint density at radius 2 is 2.20 bits per heavy atom. The molecule has 0 unspecified atom stereocenters. The number of rotatable bonds is 2. The molecule has 1 saturated heterocycles. The molecule has 1 aliphatic heterocycles. The van der Waals surface area contributed by atoms with E-state index in [0.29, 0.717) is 5.25 Å². The molecule has 1 aliphatic rings. The van der Waals surface area contributed by atoms with Crippen LogP contribution in [-0.4, -0.2) is 23.4 Å². The summed E-state index contributed by atoms with van der Waals surface area (Å²) in [6.45, 7) is 3.89. The van der Waals surface area contributed by atoms with Crippen molar-refractivity contribution < 1.29 is 4.74 Å². The number of nitrogens with zero attached hydrogens (tertiary/aromatic N) is 1. The lowest BCUT2D eigenvalue weighted by atomic mass is 10.2. The third-order valence-corrected chi connectivity index (χ3v) is 4.58. The predicted molar refractivity (Wildman–Crippen MR) is 66.4 cm³/mol. The summed E-state index contributed by atoms with van der Waals surface area (Å²) in [7, 11) is 0. The van der Waals surface area contributed by atoms with Gasteiger partial charge in [0.2, 0.25) is 0 Å². The van der Waals surface area contributed by atoms with Crippen molar-refractivity contribution in [3.05, 3.63) is 22.3 Å². The van der Waals surface area contributed by atoms with Crippen LogP contribution in [0.3, 0.4) is 0 Å². The maximum absolute atomic E-state index is 5.34. The molecule has 0 atom stereocenters. The summed E-state index contributed by atoms with van der Waals surface area (Å²) in [5, 5.41) is 1.80. The molecule has 2 nitrogen and oxygen atoms in total. The summed E-state index contributed by atoms with van der Waals surface area (Å²) in [6.07, 6.45) is 4.17. The second-order valence-electron chi connectivity index (χ2n) is 3.70. The first-order chi connectivity index (χ1) is 7.25. The van der Waals surface area contributed by atoms with Gasteiger partial charge in [-0.25, -0.2) is 4.98 Å². The Kier molecular flexibility index (Phi) is 4.05. The second kappa shape index (κ2) is 5.32. The van der Waals surface area contributed by atoms with Gasteiger partial charge in [0, 0.05) is 29.1 Å². The van der Waals surface area contributed by atoms with Crippen molar-refractivity contribution in [3.63, 3.8) is 0 Å². The molecule has 1 aromatic rings. The molecular formula is C11H14BrNOS. The minimum Gasteiger partial charge on any atom is -0.381 e. The van der Waals surface area contributed by atoms with Crippen LogP contribution in [0.4, 0.5) is 0 Å². The van der Waals surface area contributed by atoms with Crippen LogP contribution in [0.1, 0.15) is 18.4 Å². The van der Waals surface area contributed by atoms with Crippen molar-refractivity contribution >= 4 is 27.7 Å². The largest absolute Gasteiger partial charge is 0.381 e. The predicted octanol–water partition coefficient (Wildman–Crippen LogP) is 3.42. The van der Waals surface area contributed by atoms with E-state index in [0.717, 1.165) is 35.6 Å². The smallest absolute Gasteiger partial charge is 0.0966 e. The third-order valence-electron chi connectivity index (χ3n) is 2.48. The molecule has 1 fully saturated rings. The number of hydrogen-bond donors (Lipinski definition) is 0. The summed E-state index contributed by atoms with van der Waals surface area (Å²) in [4.78, 5) is 4.41. The monoisotopic (exact) mass is 287 g/mol. The average molecular weight is 288 g/mol. The van der Waals surface area contributed by atoms with Crippen molar-refractivity contribution in [1.82, 2.24) is 4.98 Å². The first kappa shape index (κ1) is 11.4. The summed E-state index contributed by atoms with van der Waals surface area (Å²) >= 11 is 5.34. The van der Waals surface area contributed by atoms with Crippen LogP contribution in [0.2, 0.25) is 0 Å². The highest BCUT2D eigenvalue weighted by atomic mass is 79.9. The molecule has 0 amide bonds. The lowest BCUT2D eigenvalue weighted by Gasteiger charge is -2.21. The van der Waals surface area contributed by atoms with E-state index < -0.39 is 0 Å². The second-order valence-corrected chi connectivity index (χ2v) is 5.88. The molecule has 2 rings (SSSR count). The summed E-state index contributed by atoms with van der Waals surface area (Å²) < 4.78 is 6.42. The molecule has 0 bridgehead atoms. The van der Waals surface area contributed by atoms with E-state index in [1.807, 2.05) is 18.0 Å². The van der Waals surface area contributed by atoms with Crippen molar-refractivity contribution in [3.8, 4) is 0 Å². The molecule has 0 aliphatic carbocycles. The van der Waals surface area contributed by atoms with Crippen LogP contribution < -0.4 is 0 Å². The van der Waals surface area contributed by atoms with Crippen LogP contribution in [0.15, 0.2) is 21.8 Å². The number of ether oxygens (including phenoxy) is 1. The fourth-order valence-corrected chi connectivity index (χ4v) is 2.89. The number of aromatic nitrogens is 1. The van der Waals surface area contributed by atoms with Gasteiger partial charge in [-0.05, 0) is 47.3 Å². The van der Waals surface area contributed by atoms with Gasteiger partial charge in [-0.15, -0.1) is 11.8 Å². The van der Waals surface area contributed by atoms with Gasteiger partial charge in [0.1, 0.15) is 0 Å². The first-order valence-electron chi connectivity index (χ1n) is 5.12. The zero-order valence-electron chi connectivity index (χ0n) is 8.70. The van der Waals surface area contributed by atoms with E-state index in [9.17, 15) is 0 Å². The van der Waals surface area contributed by atoms with Gasteiger partial charge in [-0.1, -0.05) is 0 Å². The molecule has 0 radical (unpaired) electrons. The molecule has 0 saturated carbocycles. The average Bonchev–Trinajstić information content (AvgIpc) is 2.25. The Morgan fingerprint density at radius 1 is 1.47 bits per heavy atom. The van der Waals surface area contributed by atoms with E-state index in [2.05, 4.69) is 33.9 Å². The normalized spacial score (nSPS) is 18.0. The maximum Gasteiger partial charge on any atom is 0.0966 e. The van der Waals surface area contributed by atoms with Gasteiger partial charge >= 0.3 is 0 Å². The van der Waals surface area contributed by atoms with Gasteiger partial charge in [0.25, 0.3) is 0 Å². The maximum atomic E-state index is 5.34. The molecule has 1 aromatic heterocycles. The Balaban J connectivity index is 2.00. The lowest BCUT2D eigenvalue weighted by Crippen LogP contribution is -2.17. The SMILES string of the molecule is Cc1cc(SC2CCOCC2)ncc1Br. The number of thioether (sulfide) groups is 1. The fraction of sp³-hybridized carbons (Fsp3) is 0.545. The summed E-state index contributed by atoms with van der Waals surface area (Å²) in [6, 6.07) is 2.14.